The Balaban J connectivity index is 2.62. The van der Waals surface area contributed by atoms with Gasteiger partial charge in [0.25, 0.3) is 0 Å². The SMILES string of the molecule is CC=CC(Cc1ccccc1)OC(C)=O. The van der Waals surface area contributed by atoms with E-state index in [-0.39, 0.29) is 12.1 Å². The highest BCUT2D eigenvalue weighted by molar-refractivity contribution is 5.66. The van der Waals surface area contributed by atoms with E-state index in [0.29, 0.717) is 0 Å². The van der Waals surface area contributed by atoms with Crippen LogP contribution in [-0.4, -0.2) is 12.1 Å². The fourth-order valence-corrected chi connectivity index (χ4v) is 1.42. The first-order valence-electron chi connectivity index (χ1n) is 5.06. The van der Waals surface area contributed by atoms with Crippen LogP contribution < -0.4 is 0 Å². The Kier molecular flexibility index (Phi) is 4.61. The number of rotatable bonds is 4. The molecule has 0 aliphatic carbocycles. The number of benzene rings is 1. The normalized spacial score (nSPS) is 12.7. The van der Waals surface area contributed by atoms with Gasteiger partial charge in [-0.1, -0.05) is 36.4 Å². The third-order valence-corrected chi connectivity index (χ3v) is 2.00. The van der Waals surface area contributed by atoms with E-state index in [0.717, 1.165) is 6.42 Å². The van der Waals surface area contributed by atoms with E-state index in [2.05, 4.69) is 0 Å². The summed E-state index contributed by atoms with van der Waals surface area (Å²) >= 11 is 0. The molecule has 1 rings (SSSR count). The van der Waals surface area contributed by atoms with Crippen LogP contribution in [0.25, 0.3) is 0 Å². The molecule has 0 heterocycles. The Bertz CT molecular complexity index is 328. The van der Waals surface area contributed by atoms with Crippen molar-refractivity contribution in [3.63, 3.8) is 0 Å². The molecule has 0 saturated carbocycles. The third kappa shape index (κ3) is 4.45. The van der Waals surface area contributed by atoms with E-state index in [1.54, 1.807) is 0 Å². The quantitative estimate of drug-likeness (QED) is 0.557. The first-order valence-corrected chi connectivity index (χ1v) is 5.06. The topological polar surface area (TPSA) is 26.3 Å². The van der Waals surface area contributed by atoms with Gasteiger partial charge in [-0.2, -0.15) is 0 Å². The summed E-state index contributed by atoms with van der Waals surface area (Å²) in [5, 5.41) is 0. The Hall–Kier alpha value is -1.57. The first-order chi connectivity index (χ1) is 7.22. The average molecular weight is 204 g/mol. The molecule has 1 unspecified atom stereocenters. The number of hydrogen-bond acceptors (Lipinski definition) is 2. The molecule has 0 aromatic heterocycles. The summed E-state index contributed by atoms with van der Waals surface area (Å²) < 4.78 is 5.17. The molecule has 0 saturated heterocycles. The standard InChI is InChI=1S/C13H16O2/c1-3-7-13(15-11(2)14)10-12-8-5-4-6-9-12/h3-9,13H,10H2,1-2H3. The van der Waals surface area contributed by atoms with Crippen LogP contribution in [0.15, 0.2) is 42.5 Å². The molecule has 2 nitrogen and oxygen atoms in total. The molecule has 15 heavy (non-hydrogen) atoms. The number of esters is 1. The van der Waals surface area contributed by atoms with E-state index in [4.69, 9.17) is 4.74 Å². The van der Waals surface area contributed by atoms with Gasteiger partial charge in [-0.15, -0.1) is 0 Å². The third-order valence-electron chi connectivity index (χ3n) is 2.00. The lowest BCUT2D eigenvalue weighted by Crippen LogP contribution is -2.16. The van der Waals surface area contributed by atoms with Crippen molar-refractivity contribution in [2.75, 3.05) is 0 Å². The molecule has 0 fully saturated rings. The average Bonchev–Trinajstić information content (AvgIpc) is 2.18. The van der Waals surface area contributed by atoms with Crippen LogP contribution in [0, 0.1) is 0 Å². The van der Waals surface area contributed by atoms with Crippen LogP contribution in [0.2, 0.25) is 0 Å². The number of ether oxygens (including phenoxy) is 1. The van der Waals surface area contributed by atoms with Gasteiger partial charge in [0.05, 0.1) is 0 Å². The molecule has 80 valence electrons. The lowest BCUT2D eigenvalue weighted by Gasteiger charge is -2.12. The molecule has 0 radical (unpaired) electrons. The molecule has 0 aliphatic rings. The molecule has 0 spiro atoms. The summed E-state index contributed by atoms with van der Waals surface area (Å²) in [6.07, 6.45) is 4.37. The van der Waals surface area contributed by atoms with Crippen molar-refractivity contribution in [3.05, 3.63) is 48.0 Å². The highest BCUT2D eigenvalue weighted by atomic mass is 16.5. The Morgan fingerprint density at radius 2 is 2.07 bits per heavy atom. The van der Waals surface area contributed by atoms with Crippen LogP contribution in [0.4, 0.5) is 0 Å². The second-order valence-corrected chi connectivity index (χ2v) is 3.36. The number of allylic oxidation sites excluding steroid dienone is 1. The van der Waals surface area contributed by atoms with Crippen LogP contribution in [0.3, 0.4) is 0 Å². The van der Waals surface area contributed by atoms with Gasteiger partial charge in [0.15, 0.2) is 0 Å². The van der Waals surface area contributed by atoms with Crippen LogP contribution >= 0.6 is 0 Å². The van der Waals surface area contributed by atoms with Gasteiger partial charge in [-0.25, -0.2) is 0 Å². The predicted octanol–water partition coefficient (Wildman–Crippen LogP) is 2.74. The Morgan fingerprint density at radius 3 is 2.60 bits per heavy atom. The van der Waals surface area contributed by atoms with Crippen molar-refractivity contribution in [2.24, 2.45) is 0 Å². The number of carbonyl (C=O) groups is 1. The second kappa shape index (κ2) is 6.02. The van der Waals surface area contributed by atoms with E-state index < -0.39 is 0 Å². The molecule has 0 N–H and O–H groups in total. The summed E-state index contributed by atoms with van der Waals surface area (Å²) in [5.41, 5.74) is 1.17. The zero-order chi connectivity index (χ0) is 11.1. The Labute approximate surface area is 90.6 Å². The van der Waals surface area contributed by atoms with E-state index >= 15 is 0 Å². The first kappa shape index (κ1) is 11.5. The van der Waals surface area contributed by atoms with Gasteiger partial charge in [0.1, 0.15) is 6.10 Å². The van der Waals surface area contributed by atoms with Crippen LogP contribution in [0.5, 0.6) is 0 Å². The minimum absolute atomic E-state index is 0.158. The maximum Gasteiger partial charge on any atom is 0.303 e. The summed E-state index contributed by atoms with van der Waals surface area (Å²) in [4.78, 5) is 10.9. The molecule has 0 aliphatic heterocycles. The van der Waals surface area contributed by atoms with Gasteiger partial charge in [-0.05, 0) is 18.6 Å². The van der Waals surface area contributed by atoms with Crippen molar-refractivity contribution in [3.8, 4) is 0 Å². The maximum atomic E-state index is 10.9. The number of hydrogen-bond donors (Lipinski definition) is 0. The summed E-state index contributed by atoms with van der Waals surface area (Å²) in [5.74, 6) is -0.242. The predicted molar refractivity (Wildman–Crippen MR) is 60.5 cm³/mol. The van der Waals surface area contributed by atoms with Crippen LogP contribution in [0.1, 0.15) is 19.4 Å². The van der Waals surface area contributed by atoms with E-state index in [1.165, 1.54) is 12.5 Å². The molecular formula is C13H16O2. The minimum Gasteiger partial charge on any atom is -0.458 e. The Morgan fingerprint density at radius 1 is 1.40 bits per heavy atom. The van der Waals surface area contributed by atoms with Gasteiger partial charge in [-0.3, -0.25) is 4.79 Å². The van der Waals surface area contributed by atoms with Crippen molar-refractivity contribution in [1.82, 2.24) is 0 Å². The molecule has 2 heteroatoms. The summed E-state index contributed by atoms with van der Waals surface area (Å²) in [7, 11) is 0. The molecular weight excluding hydrogens is 188 g/mol. The molecule has 1 aromatic carbocycles. The largest absolute Gasteiger partial charge is 0.458 e. The molecule has 1 aromatic rings. The van der Waals surface area contributed by atoms with Crippen molar-refractivity contribution in [1.29, 1.82) is 0 Å². The molecule has 0 bridgehead atoms. The summed E-state index contributed by atoms with van der Waals surface area (Å²) in [6, 6.07) is 9.99. The maximum absolute atomic E-state index is 10.9. The highest BCUT2D eigenvalue weighted by Crippen LogP contribution is 2.07. The van der Waals surface area contributed by atoms with Crippen molar-refractivity contribution >= 4 is 5.97 Å². The van der Waals surface area contributed by atoms with Gasteiger partial charge < -0.3 is 4.74 Å². The smallest absolute Gasteiger partial charge is 0.303 e. The monoisotopic (exact) mass is 204 g/mol. The second-order valence-electron chi connectivity index (χ2n) is 3.36. The van der Waals surface area contributed by atoms with Crippen LogP contribution in [-0.2, 0) is 16.0 Å². The highest BCUT2D eigenvalue weighted by Gasteiger charge is 2.08. The van der Waals surface area contributed by atoms with E-state index in [9.17, 15) is 4.79 Å². The van der Waals surface area contributed by atoms with Crippen molar-refractivity contribution in [2.45, 2.75) is 26.4 Å². The minimum atomic E-state index is -0.242. The van der Waals surface area contributed by atoms with Gasteiger partial charge >= 0.3 is 5.97 Å². The fraction of sp³-hybridized carbons (Fsp3) is 0.308. The molecule has 0 amide bonds. The van der Waals surface area contributed by atoms with Gasteiger partial charge in [0, 0.05) is 13.3 Å². The van der Waals surface area contributed by atoms with Crippen molar-refractivity contribution < 1.29 is 9.53 Å². The zero-order valence-electron chi connectivity index (χ0n) is 9.14. The lowest BCUT2D eigenvalue weighted by atomic mass is 10.1. The zero-order valence-corrected chi connectivity index (χ0v) is 9.14. The molecule has 1 atom stereocenters. The number of carbonyl (C=O) groups excluding carboxylic acids is 1. The summed E-state index contributed by atoms with van der Waals surface area (Å²) in [6.45, 7) is 3.35. The van der Waals surface area contributed by atoms with Gasteiger partial charge in [0.2, 0.25) is 0 Å². The fourth-order valence-electron chi connectivity index (χ4n) is 1.42. The van der Waals surface area contributed by atoms with E-state index in [1.807, 2.05) is 49.4 Å². The lowest BCUT2D eigenvalue weighted by molar-refractivity contribution is -0.144.